The van der Waals surface area contributed by atoms with Gasteiger partial charge >= 0.3 is 5.97 Å². The number of thioether (sulfide) groups is 1. The minimum Gasteiger partial charge on any atom is -0.493 e. The summed E-state index contributed by atoms with van der Waals surface area (Å²) in [5, 5.41) is 2.99. The van der Waals surface area contributed by atoms with Crippen LogP contribution in [-0.2, 0) is 16.1 Å². The molecular formula is C24H21ClFIN2O4S. The van der Waals surface area contributed by atoms with Crippen molar-refractivity contribution in [1.82, 2.24) is 4.90 Å². The molecular weight excluding hydrogens is 594 g/mol. The largest absolute Gasteiger partial charge is 0.493 e. The number of carbonyl (C=O) groups is 1. The lowest BCUT2D eigenvalue weighted by Gasteiger charge is -2.33. The van der Waals surface area contributed by atoms with Crippen molar-refractivity contribution in [3.63, 3.8) is 0 Å². The Bertz CT molecular complexity index is 1210. The van der Waals surface area contributed by atoms with Gasteiger partial charge in [-0.25, -0.2) is 14.2 Å². The number of allylic oxidation sites excluding steroid dienone is 1. The molecule has 10 heteroatoms. The molecule has 0 aromatic heterocycles. The van der Waals surface area contributed by atoms with Crippen LogP contribution in [0.15, 0.2) is 58.2 Å². The summed E-state index contributed by atoms with van der Waals surface area (Å²) >= 11 is 9.77. The predicted molar refractivity (Wildman–Crippen MR) is 140 cm³/mol. The molecule has 178 valence electrons. The molecule has 2 heterocycles. The van der Waals surface area contributed by atoms with Crippen molar-refractivity contribution < 1.29 is 23.4 Å². The Morgan fingerprint density at radius 2 is 2.15 bits per heavy atom. The quantitative estimate of drug-likeness (QED) is 0.264. The number of rotatable bonds is 7. The number of methoxy groups -OCH3 is 1. The zero-order chi connectivity index (χ0) is 24.4. The second-order valence-corrected chi connectivity index (χ2v) is 9.79. The van der Waals surface area contributed by atoms with E-state index in [4.69, 9.17) is 25.8 Å². The van der Waals surface area contributed by atoms with Gasteiger partial charge in [-0.2, -0.15) is 0 Å². The lowest BCUT2D eigenvalue weighted by Crippen LogP contribution is -2.34. The first-order valence-corrected chi connectivity index (χ1v) is 12.7. The minimum atomic E-state index is -0.449. The Balaban J connectivity index is 1.73. The third-order valence-corrected chi connectivity index (χ3v) is 7.23. The zero-order valence-corrected chi connectivity index (χ0v) is 22.3. The molecule has 0 radical (unpaired) electrons. The standard InChI is InChI=1S/C24H21ClFIN2O4S/c1-4-32-23(30)20-13(2)28-24-29(8-9-34-24)21(20)14-10-18(27)22(19(11-14)31-3)33-12-15-16(25)6-5-7-17(15)26/h5-11,21H,4,12H2,1-3H3/t21-/m1/s1. The number of hydrogen-bond donors (Lipinski definition) is 0. The number of hydrogen-bond acceptors (Lipinski definition) is 7. The molecule has 2 aromatic rings. The molecule has 0 unspecified atom stereocenters. The number of benzene rings is 2. The van der Waals surface area contributed by atoms with E-state index in [1.165, 1.54) is 24.9 Å². The Morgan fingerprint density at radius 3 is 2.85 bits per heavy atom. The monoisotopic (exact) mass is 614 g/mol. The third-order valence-electron chi connectivity index (χ3n) is 5.31. The van der Waals surface area contributed by atoms with Crippen LogP contribution in [0.4, 0.5) is 4.39 Å². The highest BCUT2D eigenvalue weighted by Gasteiger charge is 2.38. The summed E-state index contributed by atoms with van der Waals surface area (Å²) in [4.78, 5) is 19.4. The van der Waals surface area contributed by atoms with Crippen molar-refractivity contribution in [1.29, 1.82) is 0 Å². The van der Waals surface area contributed by atoms with Crippen LogP contribution < -0.4 is 9.47 Å². The molecule has 0 N–H and O–H groups in total. The molecule has 4 rings (SSSR count). The van der Waals surface area contributed by atoms with E-state index in [1.54, 1.807) is 26.0 Å². The molecule has 0 amide bonds. The molecule has 2 aliphatic heterocycles. The molecule has 34 heavy (non-hydrogen) atoms. The predicted octanol–water partition coefficient (Wildman–Crippen LogP) is 6.44. The van der Waals surface area contributed by atoms with E-state index in [1.807, 2.05) is 28.6 Å². The lowest BCUT2D eigenvalue weighted by atomic mass is 9.94. The van der Waals surface area contributed by atoms with Crippen molar-refractivity contribution in [2.75, 3.05) is 13.7 Å². The fourth-order valence-corrected chi connectivity index (χ4v) is 5.54. The Morgan fingerprint density at radius 1 is 1.35 bits per heavy atom. The number of halogens is 3. The van der Waals surface area contributed by atoms with Crippen LogP contribution >= 0.6 is 46.0 Å². The number of amidine groups is 1. The number of aliphatic imine (C=N–C) groups is 1. The van der Waals surface area contributed by atoms with Crippen LogP contribution in [0.3, 0.4) is 0 Å². The van der Waals surface area contributed by atoms with Gasteiger partial charge in [-0.3, -0.25) is 0 Å². The molecule has 6 nitrogen and oxygen atoms in total. The Hall–Kier alpha value is -2.24. The maximum absolute atomic E-state index is 14.2. The van der Waals surface area contributed by atoms with E-state index >= 15 is 0 Å². The topological polar surface area (TPSA) is 60.4 Å². The van der Waals surface area contributed by atoms with Gasteiger partial charge in [0.25, 0.3) is 0 Å². The summed E-state index contributed by atoms with van der Waals surface area (Å²) in [7, 11) is 1.53. The second kappa shape index (κ2) is 10.6. The molecule has 0 spiro atoms. The second-order valence-electron chi connectivity index (χ2n) is 7.35. The van der Waals surface area contributed by atoms with Gasteiger partial charge < -0.3 is 19.1 Å². The van der Waals surface area contributed by atoms with Crippen LogP contribution in [0.1, 0.15) is 31.0 Å². The summed E-state index contributed by atoms with van der Waals surface area (Å²) in [6.07, 6.45) is 1.89. The first-order valence-electron chi connectivity index (χ1n) is 10.4. The summed E-state index contributed by atoms with van der Waals surface area (Å²) < 4.78 is 31.9. The van der Waals surface area contributed by atoms with Crippen molar-refractivity contribution >= 4 is 57.1 Å². The highest BCUT2D eigenvalue weighted by molar-refractivity contribution is 14.1. The van der Waals surface area contributed by atoms with E-state index in [9.17, 15) is 9.18 Å². The normalized spacial score (nSPS) is 16.9. The third kappa shape index (κ3) is 4.78. The molecule has 2 aliphatic rings. The first kappa shape index (κ1) is 24.9. The van der Waals surface area contributed by atoms with Crippen LogP contribution in [0.5, 0.6) is 11.5 Å². The van der Waals surface area contributed by atoms with Crippen molar-refractivity contribution in [2.45, 2.75) is 26.5 Å². The number of fused-ring (bicyclic) bond motifs is 1. The Labute approximate surface area is 219 Å². The zero-order valence-electron chi connectivity index (χ0n) is 18.6. The van der Waals surface area contributed by atoms with E-state index in [0.29, 0.717) is 22.8 Å². The highest BCUT2D eigenvalue weighted by atomic mass is 127. The number of carbonyl (C=O) groups excluding carboxylic acids is 1. The van der Waals surface area contributed by atoms with Gasteiger partial charge in [0, 0.05) is 11.8 Å². The van der Waals surface area contributed by atoms with Crippen LogP contribution in [-0.4, -0.2) is 29.8 Å². The summed E-state index contributed by atoms with van der Waals surface area (Å²) in [6.45, 7) is 3.78. The average Bonchev–Trinajstić information content (AvgIpc) is 3.26. The molecule has 0 bridgehead atoms. The molecule has 0 aliphatic carbocycles. The van der Waals surface area contributed by atoms with Crippen LogP contribution in [0, 0.1) is 9.39 Å². The van der Waals surface area contributed by atoms with E-state index in [0.717, 1.165) is 14.3 Å². The molecule has 0 saturated heterocycles. The van der Waals surface area contributed by atoms with Crippen molar-refractivity contribution in [3.8, 4) is 11.5 Å². The van der Waals surface area contributed by atoms with Crippen LogP contribution in [0.25, 0.3) is 0 Å². The maximum atomic E-state index is 14.2. The average molecular weight is 615 g/mol. The summed E-state index contributed by atoms with van der Waals surface area (Å²) in [5.74, 6) is 0.0578. The SMILES string of the molecule is CCOC(=O)C1=C(C)N=C2SC=CN2[C@@H]1c1cc(I)c(OCc2c(F)cccc2Cl)c(OC)c1. The smallest absolute Gasteiger partial charge is 0.338 e. The van der Waals surface area contributed by atoms with Crippen LogP contribution in [0.2, 0.25) is 5.02 Å². The number of ether oxygens (including phenoxy) is 3. The fourth-order valence-electron chi connectivity index (χ4n) is 3.75. The van der Waals surface area contributed by atoms with Gasteiger partial charge in [0.05, 0.1) is 39.6 Å². The fraction of sp³-hybridized carbons (Fsp3) is 0.250. The van der Waals surface area contributed by atoms with E-state index in [2.05, 4.69) is 27.6 Å². The number of esters is 1. The molecule has 0 fully saturated rings. The highest BCUT2D eigenvalue weighted by Crippen LogP contribution is 2.44. The Kier molecular flexibility index (Phi) is 7.73. The van der Waals surface area contributed by atoms with E-state index in [-0.39, 0.29) is 23.8 Å². The van der Waals surface area contributed by atoms with Crippen molar-refractivity contribution in [2.24, 2.45) is 4.99 Å². The van der Waals surface area contributed by atoms with Crippen molar-refractivity contribution in [3.05, 3.63) is 78.7 Å². The number of nitrogens with zero attached hydrogens (tertiary/aromatic N) is 2. The molecule has 2 aromatic carbocycles. The van der Waals surface area contributed by atoms with Gasteiger partial charge in [-0.1, -0.05) is 29.4 Å². The van der Waals surface area contributed by atoms with E-state index < -0.39 is 17.8 Å². The van der Waals surface area contributed by atoms with Gasteiger partial charge in [-0.15, -0.1) is 0 Å². The van der Waals surface area contributed by atoms with Gasteiger partial charge in [0.1, 0.15) is 12.4 Å². The van der Waals surface area contributed by atoms with Gasteiger partial charge in [-0.05, 0) is 71.7 Å². The first-order chi connectivity index (χ1) is 16.3. The summed E-state index contributed by atoms with van der Waals surface area (Å²) in [6, 6.07) is 7.78. The molecule has 0 saturated carbocycles. The lowest BCUT2D eigenvalue weighted by molar-refractivity contribution is -0.139. The van der Waals surface area contributed by atoms with Gasteiger partial charge in [0.2, 0.25) is 0 Å². The minimum absolute atomic E-state index is 0.0595. The molecule has 1 atom stereocenters. The van der Waals surface area contributed by atoms with Gasteiger partial charge in [0.15, 0.2) is 16.7 Å². The maximum Gasteiger partial charge on any atom is 0.338 e. The summed E-state index contributed by atoms with van der Waals surface area (Å²) in [5.41, 5.74) is 2.14.